The van der Waals surface area contributed by atoms with Crippen LogP contribution in [-0.2, 0) is 9.47 Å². The smallest absolute Gasteiger partial charge is 0.143 e. The number of aliphatic hydroxyl groups excluding tert-OH is 1. The van der Waals surface area contributed by atoms with Gasteiger partial charge in [0, 0.05) is 13.2 Å². The molecular weight excluding hydrogens is 120 g/mol. The molecule has 0 aromatic heterocycles. The number of rotatable bonds is 6. The van der Waals surface area contributed by atoms with Crippen LogP contribution < -0.4 is 0 Å². The minimum absolute atomic E-state index is 0.188. The highest BCUT2D eigenvalue weighted by molar-refractivity contribution is 4.30. The van der Waals surface area contributed by atoms with Crippen LogP contribution in [0, 0.1) is 0 Å². The largest absolute Gasteiger partial charge is 0.382 e. The molecule has 0 aliphatic rings. The number of hydrogen-bond acceptors (Lipinski definition) is 3. The summed E-state index contributed by atoms with van der Waals surface area (Å²) in [5.41, 5.74) is 0. The van der Waals surface area contributed by atoms with Crippen LogP contribution in [0.1, 0.15) is 13.3 Å². The van der Waals surface area contributed by atoms with Gasteiger partial charge in [-0.05, 0) is 13.3 Å². The Morgan fingerprint density at radius 1 is 1.22 bits per heavy atom. The zero-order valence-corrected chi connectivity index (χ0v) is 5.80. The zero-order chi connectivity index (χ0) is 6.95. The summed E-state index contributed by atoms with van der Waals surface area (Å²) >= 11 is 0. The van der Waals surface area contributed by atoms with Gasteiger partial charge in [0.05, 0.1) is 6.61 Å². The van der Waals surface area contributed by atoms with Crippen LogP contribution in [0.15, 0.2) is 0 Å². The van der Waals surface area contributed by atoms with Crippen LogP contribution in [0.4, 0.5) is 0 Å². The quantitative estimate of drug-likeness (QED) is 0.421. The van der Waals surface area contributed by atoms with Crippen LogP contribution in [0.3, 0.4) is 0 Å². The Hall–Kier alpha value is -0.120. The van der Waals surface area contributed by atoms with E-state index in [2.05, 4.69) is 4.74 Å². The van der Waals surface area contributed by atoms with Crippen LogP contribution in [-0.4, -0.2) is 31.7 Å². The molecule has 0 saturated carbocycles. The van der Waals surface area contributed by atoms with E-state index in [4.69, 9.17) is 9.84 Å². The van der Waals surface area contributed by atoms with Crippen molar-refractivity contribution in [1.82, 2.24) is 0 Å². The maximum atomic E-state index is 8.16. The average molecular weight is 134 g/mol. The van der Waals surface area contributed by atoms with E-state index >= 15 is 0 Å². The standard InChI is InChI=1S/C6H14O3/c1-2-8-4-3-5-9-6-7/h7H,2-6H2,1H3. The molecule has 0 amide bonds. The number of aliphatic hydroxyl groups is 1. The minimum atomic E-state index is -0.188. The van der Waals surface area contributed by atoms with Gasteiger partial charge in [-0.15, -0.1) is 0 Å². The van der Waals surface area contributed by atoms with E-state index in [1.807, 2.05) is 6.92 Å². The van der Waals surface area contributed by atoms with Crippen LogP contribution in [0.5, 0.6) is 0 Å². The lowest BCUT2D eigenvalue weighted by Crippen LogP contribution is -2.00. The van der Waals surface area contributed by atoms with E-state index < -0.39 is 0 Å². The first kappa shape index (κ1) is 8.88. The molecule has 0 aliphatic carbocycles. The second-order valence-electron chi connectivity index (χ2n) is 1.59. The van der Waals surface area contributed by atoms with E-state index in [-0.39, 0.29) is 6.79 Å². The van der Waals surface area contributed by atoms with E-state index in [1.165, 1.54) is 0 Å². The van der Waals surface area contributed by atoms with Crippen LogP contribution in [0.25, 0.3) is 0 Å². The van der Waals surface area contributed by atoms with Crippen molar-refractivity contribution in [2.75, 3.05) is 26.6 Å². The molecule has 0 unspecified atom stereocenters. The van der Waals surface area contributed by atoms with Crippen molar-refractivity contribution >= 4 is 0 Å². The molecule has 0 bridgehead atoms. The maximum Gasteiger partial charge on any atom is 0.143 e. The molecule has 9 heavy (non-hydrogen) atoms. The molecule has 0 aromatic rings. The van der Waals surface area contributed by atoms with E-state index in [1.54, 1.807) is 0 Å². The third-order valence-electron chi connectivity index (χ3n) is 0.873. The van der Waals surface area contributed by atoms with Crippen LogP contribution >= 0.6 is 0 Å². The molecule has 0 atom stereocenters. The Morgan fingerprint density at radius 3 is 2.44 bits per heavy atom. The molecule has 0 spiro atoms. The Labute approximate surface area is 55.6 Å². The molecule has 0 fully saturated rings. The van der Waals surface area contributed by atoms with Crippen molar-refractivity contribution in [2.24, 2.45) is 0 Å². The molecule has 1 N–H and O–H groups in total. The Morgan fingerprint density at radius 2 is 1.89 bits per heavy atom. The van der Waals surface area contributed by atoms with Gasteiger partial charge in [0.25, 0.3) is 0 Å². The normalized spacial score (nSPS) is 10.0. The summed E-state index contributed by atoms with van der Waals surface area (Å²) in [6, 6.07) is 0. The summed E-state index contributed by atoms with van der Waals surface area (Å²) < 4.78 is 9.67. The molecule has 3 nitrogen and oxygen atoms in total. The molecule has 0 radical (unpaired) electrons. The van der Waals surface area contributed by atoms with E-state index in [0.29, 0.717) is 6.61 Å². The lowest BCUT2D eigenvalue weighted by molar-refractivity contribution is -0.0100. The topological polar surface area (TPSA) is 38.7 Å². The number of hydrogen-bond donors (Lipinski definition) is 1. The zero-order valence-electron chi connectivity index (χ0n) is 5.80. The van der Waals surface area contributed by atoms with E-state index in [9.17, 15) is 0 Å². The summed E-state index contributed by atoms with van der Waals surface area (Å²) in [4.78, 5) is 0. The van der Waals surface area contributed by atoms with Gasteiger partial charge in [-0.1, -0.05) is 0 Å². The first-order valence-corrected chi connectivity index (χ1v) is 3.18. The van der Waals surface area contributed by atoms with Crippen molar-refractivity contribution in [3.8, 4) is 0 Å². The summed E-state index contributed by atoms with van der Waals surface area (Å²) in [6.07, 6.45) is 0.856. The van der Waals surface area contributed by atoms with Crippen molar-refractivity contribution in [3.05, 3.63) is 0 Å². The highest BCUT2D eigenvalue weighted by Crippen LogP contribution is 1.82. The fraction of sp³-hybridized carbons (Fsp3) is 1.00. The molecule has 0 saturated heterocycles. The van der Waals surface area contributed by atoms with Gasteiger partial charge >= 0.3 is 0 Å². The summed E-state index contributed by atoms with van der Waals surface area (Å²) in [7, 11) is 0. The molecule has 56 valence electrons. The van der Waals surface area contributed by atoms with Gasteiger partial charge in [-0.2, -0.15) is 0 Å². The monoisotopic (exact) mass is 134 g/mol. The molecular formula is C6H14O3. The summed E-state index contributed by atoms with van der Waals surface area (Å²) in [5.74, 6) is 0. The van der Waals surface area contributed by atoms with Gasteiger partial charge in [-0.3, -0.25) is 0 Å². The maximum absolute atomic E-state index is 8.16. The van der Waals surface area contributed by atoms with Crippen LogP contribution in [0.2, 0.25) is 0 Å². The van der Waals surface area contributed by atoms with Gasteiger partial charge in [0.1, 0.15) is 6.79 Å². The highest BCUT2D eigenvalue weighted by Gasteiger charge is 1.85. The number of ether oxygens (including phenoxy) is 2. The molecule has 0 heterocycles. The minimum Gasteiger partial charge on any atom is -0.382 e. The molecule has 0 aliphatic heterocycles. The predicted molar refractivity (Wildman–Crippen MR) is 34.1 cm³/mol. The highest BCUT2D eigenvalue weighted by atomic mass is 16.6. The first-order valence-electron chi connectivity index (χ1n) is 3.18. The SMILES string of the molecule is CCOCCCOCO. The molecule has 3 heteroatoms. The van der Waals surface area contributed by atoms with Crippen molar-refractivity contribution in [3.63, 3.8) is 0 Å². The summed E-state index contributed by atoms with van der Waals surface area (Å²) in [6.45, 7) is 3.81. The Kier molecular flexibility index (Phi) is 7.77. The predicted octanol–water partition coefficient (Wildman–Crippen LogP) is 0.379. The molecule has 0 rings (SSSR count). The fourth-order valence-corrected chi connectivity index (χ4v) is 0.472. The van der Waals surface area contributed by atoms with Crippen molar-refractivity contribution < 1.29 is 14.6 Å². The first-order chi connectivity index (χ1) is 4.41. The van der Waals surface area contributed by atoms with Gasteiger partial charge in [-0.25, -0.2) is 0 Å². The van der Waals surface area contributed by atoms with Crippen molar-refractivity contribution in [2.45, 2.75) is 13.3 Å². The lowest BCUT2D eigenvalue weighted by atomic mass is 10.5. The lowest BCUT2D eigenvalue weighted by Gasteiger charge is -1.99. The third-order valence-corrected chi connectivity index (χ3v) is 0.873. The van der Waals surface area contributed by atoms with Gasteiger partial charge in [0.2, 0.25) is 0 Å². The average Bonchev–Trinajstić information content (AvgIpc) is 1.89. The van der Waals surface area contributed by atoms with Gasteiger partial charge < -0.3 is 14.6 Å². The Bertz CT molecular complexity index is 41.6. The fourth-order valence-electron chi connectivity index (χ4n) is 0.472. The summed E-state index contributed by atoms with van der Waals surface area (Å²) in [5, 5.41) is 8.16. The van der Waals surface area contributed by atoms with E-state index in [0.717, 1.165) is 19.6 Å². The second kappa shape index (κ2) is 7.88. The van der Waals surface area contributed by atoms with Gasteiger partial charge in [0.15, 0.2) is 0 Å². The third kappa shape index (κ3) is 7.88. The molecule has 0 aromatic carbocycles. The van der Waals surface area contributed by atoms with Crippen molar-refractivity contribution in [1.29, 1.82) is 0 Å². The Balaban J connectivity index is 2.60. The second-order valence-corrected chi connectivity index (χ2v) is 1.59.